The molecule has 2 aromatic carbocycles. The number of esters is 1. The van der Waals surface area contributed by atoms with Crippen LogP contribution in [0.25, 0.3) is 16.6 Å². The second kappa shape index (κ2) is 9.52. The lowest BCUT2D eigenvalue weighted by Crippen LogP contribution is -2.26. The monoisotopic (exact) mass is 458 g/mol. The number of aromatic nitrogens is 2. The predicted molar refractivity (Wildman–Crippen MR) is 124 cm³/mol. The van der Waals surface area contributed by atoms with Gasteiger partial charge >= 0.3 is 5.97 Å². The molecule has 3 rings (SSSR count). The number of methoxy groups -OCH3 is 3. The van der Waals surface area contributed by atoms with Gasteiger partial charge in [-0.05, 0) is 39.0 Å². The molecule has 0 saturated heterocycles. The number of fused-ring (bicyclic) bond motifs is 1. The Morgan fingerprint density at radius 2 is 1.69 bits per heavy atom. The largest absolute Gasteiger partial charge is 0.493 e. The minimum Gasteiger partial charge on any atom is -0.493 e. The Balaban J connectivity index is 2.23. The Morgan fingerprint density at radius 1 is 1.03 bits per heavy atom. The van der Waals surface area contributed by atoms with E-state index in [1.807, 2.05) is 18.2 Å². The quantitative estimate of drug-likeness (QED) is 0.300. The molecule has 8 nitrogen and oxygen atoms in total. The number of thioether (sulfide) groups is 1. The molecule has 3 aromatic rings. The summed E-state index contributed by atoms with van der Waals surface area (Å²) >= 11 is 1.11. The summed E-state index contributed by atoms with van der Waals surface area (Å²) in [5.74, 6) is 0.533. The van der Waals surface area contributed by atoms with Crippen LogP contribution >= 0.6 is 11.8 Å². The lowest BCUT2D eigenvalue weighted by Gasteiger charge is -2.20. The summed E-state index contributed by atoms with van der Waals surface area (Å²) in [5, 5.41) is 0.620. The van der Waals surface area contributed by atoms with Crippen molar-refractivity contribution in [1.82, 2.24) is 9.55 Å². The van der Waals surface area contributed by atoms with Crippen molar-refractivity contribution in [3.05, 3.63) is 46.8 Å². The summed E-state index contributed by atoms with van der Waals surface area (Å²) in [6, 6.07) is 10.7. The standard InChI is InChI=1S/C23H26N2O6S/c1-23(2,3)31-17(26)13-32-22-24-18-15(12-16(28-4)19(29-5)20(18)30-6)21(27)25(22)14-10-8-7-9-11-14/h7-12H,13H2,1-6H3. The second-order valence-electron chi connectivity index (χ2n) is 7.79. The van der Waals surface area contributed by atoms with Gasteiger partial charge in [0.15, 0.2) is 16.7 Å². The smallest absolute Gasteiger partial charge is 0.316 e. The molecular weight excluding hydrogens is 432 g/mol. The first kappa shape index (κ1) is 23.5. The van der Waals surface area contributed by atoms with Crippen LogP contribution < -0.4 is 19.8 Å². The highest BCUT2D eigenvalue weighted by Gasteiger charge is 2.24. The molecule has 0 unspecified atom stereocenters. The van der Waals surface area contributed by atoms with Crippen LogP contribution in [0.15, 0.2) is 46.3 Å². The van der Waals surface area contributed by atoms with Gasteiger partial charge in [-0.25, -0.2) is 4.98 Å². The number of hydrogen-bond donors (Lipinski definition) is 0. The van der Waals surface area contributed by atoms with Crippen molar-refractivity contribution in [2.75, 3.05) is 27.1 Å². The number of para-hydroxylation sites is 1. The highest BCUT2D eigenvalue weighted by Crippen LogP contribution is 2.42. The number of rotatable bonds is 7. The first-order valence-corrected chi connectivity index (χ1v) is 10.8. The molecule has 0 aliphatic carbocycles. The third-order valence-electron chi connectivity index (χ3n) is 4.39. The minimum atomic E-state index is -0.610. The number of nitrogens with zero attached hydrogens (tertiary/aromatic N) is 2. The number of hydrogen-bond acceptors (Lipinski definition) is 8. The topological polar surface area (TPSA) is 88.9 Å². The van der Waals surface area contributed by atoms with Crippen molar-refractivity contribution in [2.24, 2.45) is 0 Å². The molecule has 0 aliphatic heterocycles. The van der Waals surface area contributed by atoms with E-state index in [0.29, 0.717) is 33.2 Å². The molecule has 0 aliphatic rings. The van der Waals surface area contributed by atoms with E-state index in [4.69, 9.17) is 23.9 Å². The molecule has 170 valence electrons. The fourth-order valence-corrected chi connectivity index (χ4v) is 3.94. The summed E-state index contributed by atoms with van der Waals surface area (Å²) in [7, 11) is 4.43. The Labute approximate surface area is 190 Å². The van der Waals surface area contributed by atoms with E-state index in [2.05, 4.69) is 0 Å². The average Bonchev–Trinajstić information content (AvgIpc) is 2.75. The van der Waals surface area contributed by atoms with Gasteiger partial charge in [-0.1, -0.05) is 30.0 Å². The van der Waals surface area contributed by atoms with Crippen molar-refractivity contribution < 1.29 is 23.7 Å². The molecule has 1 heterocycles. The van der Waals surface area contributed by atoms with Crippen LogP contribution in [0.1, 0.15) is 20.8 Å². The normalized spacial score (nSPS) is 11.3. The van der Waals surface area contributed by atoms with Gasteiger partial charge < -0.3 is 18.9 Å². The summed E-state index contributed by atoms with van der Waals surface area (Å²) < 4.78 is 23.2. The summed E-state index contributed by atoms with van der Waals surface area (Å²) in [5.41, 5.74) is -0.00533. The van der Waals surface area contributed by atoms with Crippen LogP contribution in [0.5, 0.6) is 17.2 Å². The number of benzene rings is 2. The van der Waals surface area contributed by atoms with Crippen molar-refractivity contribution in [1.29, 1.82) is 0 Å². The Hall–Kier alpha value is -3.20. The molecule has 0 fully saturated rings. The lowest BCUT2D eigenvalue weighted by molar-refractivity contribution is -0.151. The van der Waals surface area contributed by atoms with Crippen molar-refractivity contribution in [3.63, 3.8) is 0 Å². The highest BCUT2D eigenvalue weighted by atomic mass is 32.2. The van der Waals surface area contributed by atoms with E-state index >= 15 is 0 Å². The van der Waals surface area contributed by atoms with Gasteiger partial charge in [0.2, 0.25) is 5.75 Å². The van der Waals surface area contributed by atoms with Gasteiger partial charge in [0, 0.05) is 0 Å². The highest BCUT2D eigenvalue weighted by molar-refractivity contribution is 7.99. The maximum atomic E-state index is 13.6. The summed E-state index contributed by atoms with van der Waals surface area (Å²) in [4.78, 5) is 30.6. The predicted octanol–water partition coefficient (Wildman–Crippen LogP) is 3.85. The zero-order valence-electron chi connectivity index (χ0n) is 18.9. The van der Waals surface area contributed by atoms with Gasteiger partial charge in [-0.15, -0.1) is 0 Å². The molecule has 0 bridgehead atoms. The maximum Gasteiger partial charge on any atom is 0.316 e. The molecule has 0 atom stereocenters. The van der Waals surface area contributed by atoms with Gasteiger partial charge in [0.1, 0.15) is 11.1 Å². The van der Waals surface area contributed by atoms with Crippen LogP contribution in [0.2, 0.25) is 0 Å². The van der Waals surface area contributed by atoms with Crippen molar-refractivity contribution >= 4 is 28.6 Å². The third-order valence-corrected chi connectivity index (χ3v) is 5.30. The SMILES string of the molecule is COc1cc2c(=O)n(-c3ccccc3)c(SCC(=O)OC(C)(C)C)nc2c(OC)c1OC. The van der Waals surface area contributed by atoms with Gasteiger partial charge in [0.05, 0.1) is 38.2 Å². The van der Waals surface area contributed by atoms with Gasteiger partial charge in [0.25, 0.3) is 5.56 Å². The Morgan fingerprint density at radius 3 is 2.25 bits per heavy atom. The van der Waals surface area contributed by atoms with Crippen LogP contribution in [-0.4, -0.2) is 48.2 Å². The van der Waals surface area contributed by atoms with Crippen LogP contribution in [0.3, 0.4) is 0 Å². The first-order valence-electron chi connectivity index (χ1n) is 9.86. The average molecular weight is 459 g/mol. The Kier molecular flexibility index (Phi) is 6.98. The maximum absolute atomic E-state index is 13.6. The molecule has 0 spiro atoms. The molecular formula is C23H26N2O6S. The van der Waals surface area contributed by atoms with Crippen molar-refractivity contribution in [2.45, 2.75) is 31.5 Å². The fraction of sp³-hybridized carbons (Fsp3) is 0.348. The van der Waals surface area contributed by atoms with Gasteiger partial charge in [-0.2, -0.15) is 0 Å². The first-order chi connectivity index (χ1) is 15.2. The van der Waals surface area contributed by atoms with Crippen LogP contribution in [0, 0.1) is 0 Å². The zero-order valence-corrected chi connectivity index (χ0v) is 19.7. The van der Waals surface area contributed by atoms with E-state index in [-0.39, 0.29) is 17.1 Å². The number of carbonyl (C=O) groups excluding carboxylic acids is 1. The lowest BCUT2D eigenvalue weighted by atomic mass is 10.2. The molecule has 0 radical (unpaired) electrons. The zero-order chi connectivity index (χ0) is 23.5. The fourth-order valence-electron chi connectivity index (χ4n) is 3.16. The molecule has 0 saturated carbocycles. The molecule has 0 amide bonds. The number of carbonyl (C=O) groups is 1. The molecule has 0 N–H and O–H groups in total. The summed E-state index contributed by atoms with van der Waals surface area (Å²) in [6.45, 7) is 5.40. The van der Waals surface area contributed by atoms with Crippen molar-refractivity contribution in [3.8, 4) is 22.9 Å². The summed E-state index contributed by atoms with van der Waals surface area (Å²) in [6.07, 6.45) is 0. The van der Waals surface area contributed by atoms with E-state index in [1.54, 1.807) is 39.0 Å². The van der Waals surface area contributed by atoms with E-state index in [0.717, 1.165) is 11.8 Å². The number of ether oxygens (including phenoxy) is 4. The Bertz CT molecular complexity index is 1190. The van der Waals surface area contributed by atoms with E-state index in [9.17, 15) is 9.59 Å². The van der Waals surface area contributed by atoms with Gasteiger partial charge in [-0.3, -0.25) is 14.2 Å². The van der Waals surface area contributed by atoms with E-state index < -0.39 is 11.6 Å². The minimum absolute atomic E-state index is 0.0162. The van der Waals surface area contributed by atoms with Crippen LogP contribution in [-0.2, 0) is 9.53 Å². The van der Waals surface area contributed by atoms with Crippen LogP contribution in [0.4, 0.5) is 0 Å². The third kappa shape index (κ3) is 4.83. The molecule has 1 aromatic heterocycles. The van der Waals surface area contributed by atoms with E-state index in [1.165, 1.54) is 25.9 Å². The molecule has 9 heteroatoms. The molecule has 32 heavy (non-hydrogen) atoms. The second-order valence-corrected chi connectivity index (χ2v) is 8.73.